The quantitative estimate of drug-likeness (QED) is 0.898. The van der Waals surface area contributed by atoms with Crippen molar-refractivity contribution in [1.29, 1.82) is 0 Å². The van der Waals surface area contributed by atoms with Crippen LogP contribution in [-0.4, -0.2) is 28.3 Å². The van der Waals surface area contributed by atoms with Crippen molar-refractivity contribution in [3.05, 3.63) is 35.9 Å². The molecule has 0 spiro atoms. The third kappa shape index (κ3) is 2.86. The van der Waals surface area contributed by atoms with E-state index in [1.54, 1.807) is 20.8 Å². The average molecular weight is 291 g/mol. The molecule has 1 aliphatic carbocycles. The van der Waals surface area contributed by atoms with Crippen molar-refractivity contribution in [1.82, 2.24) is 5.32 Å². The summed E-state index contributed by atoms with van der Waals surface area (Å²) in [7, 11) is 0. The second-order valence-corrected chi connectivity index (χ2v) is 6.48. The maximum Gasteiger partial charge on any atom is 0.408 e. The Kier molecular flexibility index (Phi) is 3.70. The van der Waals surface area contributed by atoms with Gasteiger partial charge in [-0.05, 0) is 26.3 Å². The zero-order valence-corrected chi connectivity index (χ0v) is 12.7. The van der Waals surface area contributed by atoms with Crippen LogP contribution in [0, 0.1) is 5.92 Å². The van der Waals surface area contributed by atoms with E-state index in [-0.39, 0.29) is 11.8 Å². The Morgan fingerprint density at radius 2 is 1.81 bits per heavy atom. The summed E-state index contributed by atoms with van der Waals surface area (Å²) in [6, 6.07) is 9.35. The highest BCUT2D eigenvalue weighted by Crippen LogP contribution is 2.57. The Labute approximate surface area is 124 Å². The number of carbonyl (C=O) groups is 2. The minimum Gasteiger partial charge on any atom is -0.479 e. The van der Waals surface area contributed by atoms with Crippen LogP contribution >= 0.6 is 0 Å². The van der Waals surface area contributed by atoms with E-state index in [1.807, 2.05) is 37.3 Å². The van der Waals surface area contributed by atoms with E-state index in [4.69, 9.17) is 4.74 Å². The first-order valence-electron chi connectivity index (χ1n) is 6.98. The van der Waals surface area contributed by atoms with Crippen LogP contribution in [0.25, 0.3) is 0 Å². The van der Waals surface area contributed by atoms with Gasteiger partial charge in [0.1, 0.15) is 5.60 Å². The highest BCUT2D eigenvalue weighted by molar-refractivity contribution is 5.90. The number of nitrogens with one attached hydrogen (secondary N) is 1. The number of carbonyl (C=O) groups excluding carboxylic acids is 1. The first-order chi connectivity index (χ1) is 9.68. The van der Waals surface area contributed by atoms with E-state index in [1.165, 1.54) is 0 Å². The van der Waals surface area contributed by atoms with Gasteiger partial charge in [-0.25, -0.2) is 9.59 Å². The molecule has 1 saturated carbocycles. The third-order valence-electron chi connectivity index (χ3n) is 3.82. The lowest BCUT2D eigenvalue weighted by Gasteiger charge is -2.22. The first kappa shape index (κ1) is 15.4. The van der Waals surface area contributed by atoms with Gasteiger partial charge in [0, 0.05) is 11.8 Å². The highest BCUT2D eigenvalue weighted by Gasteiger charge is 2.69. The maximum atomic E-state index is 11.9. The summed E-state index contributed by atoms with van der Waals surface area (Å²) < 4.78 is 5.18. The number of rotatable bonds is 3. The van der Waals surface area contributed by atoms with Gasteiger partial charge >= 0.3 is 12.1 Å². The van der Waals surface area contributed by atoms with Gasteiger partial charge < -0.3 is 15.2 Å². The van der Waals surface area contributed by atoms with E-state index >= 15 is 0 Å². The molecule has 2 N–H and O–H groups in total. The number of benzene rings is 1. The number of ether oxygens (including phenoxy) is 1. The Balaban J connectivity index is 2.21. The third-order valence-corrected chi connectivity index (χ3v) is 3.82. The van der Waals surface area contributed by atoms with Gasteiger partial charge in [0.05, 0.1) is 0 Å². The standard InChI is InChI=1S/C16H21NO4/c1-10-12(11-8-6-5-7-9-11)16(10,13(18)19)17-14(20)21-15(2,3)4/h5-10,12H,1-4H3,(H,17,20)(H,18,19)/t10-,12?,16?/m0/s1. The van der Waals surface area contributed by atoms with Crippen LogP contribution in [0.2, 0.25) is 0 Å². The molecule has 1 aromatic rings. The molecule has 5 heteroatoms. The lowest BCUT2D eigenvalue weighted by Crippen LogP contribution is -2.47. The molecule has 5 nitrogen and oxygen atoms in total. The molecule has 3 atom stereocenters. The number of carboxylic acid groups (broad SMARTS) is 1. The van der Waals surface area contributed by atoms with Gasteiger partial charge in [0.2, 0.25) is 0 Å². The fourth-order valence-corrected chi connectivity index (χ4v) is 2.82. The van der Waals surface area contributed by atoms with E-state index < -0.39 is 23.2 Å². The Bertz CT molecular complexity index is 549. The van der Waals surface area contributed by atoms with Gasteiger partial charge in [-0.15, -0.1) is 0 Å². The second kappa shape index (κ2) is 5.06. The number of aliphatic carboxylic acids is 1. The van der Waals surface area contributed by atoms with Gasteiger partial charge in [-0.2, -0.15) is 0 Å². The molecular formula is C16H21NO4. The van der Waals surface area contributed by atoms with Crippen LogP contribution in [-0.2, 0) is 9.53 Å². The fourth-order valence-electron chi connectivity index (χ4n) is 2.82. The van der Waals surface area contributed by atoms with Crippen LogP contribution in [0.3, 0.4) is 0 Å². The van der Waals surface area contributed by atoms with Crippen molar-refractivity contribution < 1.29 is 19.4 Å². The summed E-state index contributed by atoms with van der Waals surface area (Å²) in [4.78, 5) is 23.7. The SMILES string of the molecule is C[C@H]1C(c2ccccc2)C1(NC(=O)OC(C)(C)C)C(=O)O. The highest BCUT2D eigenvalue weighted by atomic mass is 16.6. The number of hydrogen-bond acceptors (Lipinski definition) is 3. The minimum absolute atomic E-state index is 0.190. The first-order valence-corrected chi connectivity index (χ1v) is 6.98. The molecule has 0 radical (unpaired) electrons. The lowest BCUT2D eigenvalue weighted by atomic mass is 10.1. The molecule has 0 saturated heterocycles. The molecule has 0 bridgehead atoms. The van der Waals surface area contributed by atoms with Crippen molar-refractivity contribution >= 4 is 12.1 Å². The average Bonchev–Trinajstić information content (AvgIpc) is 2.94. The number of carboxylic acids is 1. The minimum atomic E-state index is -1.29. The van der Waals surface area contributed by atoms with E-state index in [2.05, 4.69) is 5.32 Å². The zero-order valence-electron chi connectivity index (χ0n) is 12.7. The largest absolute Gasteiger partial charge is 0.479 e. The van der Waals surface area contributed by atoms with E-state index in [0.717, 1.165) is 5.56 Å². The van der Waals surface area contributed by atoms with E-state index in [9.17, 15) is 14.7 Å². The predicted molar refractivity (Wildman–Crippen MR) is 78.1 cm³/mol. The Hall–Kier alpha value is -2.04. The van der Waals surface area contributed by atoms with Crippen molar-refractivity contribution in [2.45, 2.75) is 44.8 Å². The molecule has 21 heavy (non-hydrogen) atoms. The van der Waals surface area contributed by atoms with Crippen LogP contribution in [0.4, 0.5) is 4.79 Å². The molecule has 2 rings (SSSR count). The van der Waals surface area contributed by atoms with Gasteiger partial charge in [-0.3, -0.25) is 0 Å². The molecule has 0 heterocycles. The number of alkyl carbamates (subject to hydrolysis) is 1. The zero-order chi connectivity index (χ0) is 15.8. The summed E-state index contributed by atoms with van der Waals surface area (Å²) >= 11 is 0. The molecule has 2 unspecified atom stereocenters. The van der Waals surface area contributed by atoms with Crippen molar-refractivity contribution in [2.75, 3.05) is 0 Å². The fraction of sp³-hybridized carbons (Fsp3) is 0.500. The molecule has 0 aliphatic heterocycles. The smallest absolute Gasteiger partial charge is 0.408 e. The van der Waals surface area contributed by atoms with Crippen molar-refractivity contribution in [3.8, 4) is 0 Å². The predicted octanol–water partition coefficient (Wildman–Crippen LogP) is 2.77. The molecule has 0 aromatic heterocycles. The molecule has 1 aromatic carbocycles. The van der Waals surface area contributed by atoms with Gasteiger partial charge in [0.15, 0.2) is 5.54 Å². The van der Waals surface area contributed by atoms with Crippen LogP contribution in [0.15, 0.2) is 30.3 Å². The Morgan fingerprint density at radius 3 is 2.29 bits per heavy atom. The molecule has 1 amide bonds. The summed E-state index contributed by atoms with van der Waals surface area (Å²) in [5, 5.41) is 12.1. The lowest BCUT2D eigenvalue weighted by molar-refractivity contribution is -0.141. The van der Waals surface area contributed by atoms with Gasteiger partial charge in [-0.1, -0.05) is 37.3 Å². The molecule has 1 aliphatic rings. The van der Waals surface area contributed by atoms with Gasteiger partial charge in [0.25, 0.3) is 0 Å². The van der Waals surface area contributed by atoms with Crippen molar-refractivity contribution in [2.24, 2.45) is 5.92 Å². The molecular weight excluding hydrogens is 270 g/mol. The van der Waals surface area contributed by atoms with Crippen molar-refractivity contribution in [3.63, 3.8) is 0 Å². The van der Waals surface area contributed by atoms with Crippen LogP contribution in [0.1, 0.15) is 39.2 Å². The maximum absolute atomic E-state index is 11.9. The summed E-state index contributed by atoms with van der Waals surface area (Å²) in [6.07, 6.45) is -0.699. The Morgan fingerprint density at radius 1 is 1.24 bits per heavy atom. The number of amides is 1. The monoisotopic (exact) mass is 291 g/mol. The topological polar surface area (TPSA) is 75.6 Å². The second-order valence-electron chi connectivity index (χ2n) is 6.48. The van der Waals surface area contributed by atoms with Crippen LogP contribution in [0.5, 0.6) is 0 Å². The normalized spacial score (nSPS) is 27.8. The summed E-state index contributed by atoms with van der Waals surface area (Å²) in [5.41, 5.74) is -1.04. The molecule has 1 fully saturated rings. The summed E-state index contributed by atoms with van der Waals surface area (Å²) in [5.74, 6) is -1.47. The molecule has 114 valence electrons. The summed E-state index contributed by atoms with van der Waals surface area (Å²) in [6.45, 7) is 7.05. The number of hydrogen-bond donors (Lipinski definition) is 2. The van der Waals surface area contributed by atoms with E-state index in [0.29, 0.717) is 0 Å². The van der Waals surface area contributed by atoms with Crippen LogP contribution < -0.4 is 5.32 Å².